The van der Waals surface area contributed by atoms with Crippen LogP contribution in [0, 0.1) is 0 Å². The number of aliphatic hydroxyl groups is 1. The average molecular weight is 360 g/mol. The van der Waals surface area contributed by atoms with E-state index >= 15 is 0 Å². The minimum absolute atomic E-state index is 0.0189. The second kappa shape index (κ2) is 9.38. The molecule has 1 aromatic carbocycles. The summed E-state index contributed by atoms with van der Waals surface area (Å²) in [6.45, 7) is 5.49. The largest absolute Gasteiger partial charge is 0.389 e. The van der Waals surface area contributed by atoms with Gasteiger partial charge in [0.2, 0.25) is 0 Å². The van der Waals surface area contributed by atoms with Gasteiger partial charge in [0.05, 0.1) is 5.60 Å². The molecule has 26 heavy (non-hydrogen) atoms. The van der Waals surface area contributed by atoms with Crippen molar-refractivity contribution in [2.75, 3.05) is 39.3 Å². The Balaban J connectivity index is 1.34. The highest BCUT2D eigenvalue weighted by molar-refractivity contribution is 5.74. The molecule has 0 aliphatic carbocycles. The van der Waals surface area contributed by atoms with Crippen LogP contribution in [0.15, 0.2) is 30.3 Å². The molecule has 0 unspecified atom stereocenters. The topological polar surface area (TPSA) is 55.8 Å². The predicted molar refractivity (Wildman–Crippen MR) is 104 cm³/mol. The fourth-order valence-corrected chi connectivity index (χ4v) is 4.07. The van der Waals surface area contributed by atoms with Gasteiger partial charge >= 0.3 is 6.03 Å². The predicted octanol–water partition coefficient (Wildman–Crippen LogP) is 2.64. The molecule has 0 atom stereocenters. The molecule has 0 spiro atoms. The maximum atomic E-state index is 12.3. The molecule has 0 radical (unpaired) electrons. The summed E-state index contributed by atoms with van der Waals surface area (Å²) in [5, 5.41) is 13.9. The molecule has 0 saturated carbocycles. The quantitative estimate of drug-likeness (QED) is 0.768. The minimum Gasteiger partial charge on any atom is -0.389 e. The van der Waals surface area contributed by atoms with Crippen LogP contribution in [0.2, 0.25) is 0 Å². The van der Waals surface area contributed by atoms with Crippen LogP contribution in [0.4, 0.5) is 4.79 Å². The first kappa shape index (κ1) is 19.2. The number of hydrogen-bond acceptors (Lipinski definition) is 3. The van der Waals surface area contributed by atoms with Crippen LogP contribution in [-0.4, -0.2) is 65.8 Å². The van der Waals surface area contributed by atoms with Crippen molar-refractivity contribution in [3.63, 3.8) is 0 Å². The summed E-state index contributed by atoms with van der Waals surface area (Å²) in [4.78, 5) is 16.7. The van der Waals surface area contributed by atoms with Gasteiger partial charge in [0.1, 0.15) is 0 Å². The standard InChI is InChI=1S/C21H33N3O2/c25-20(22-12-7-15-23-13-5-2-6-14-23)24-16-10-21(26,11-17-24)18-19-8-3-1-4-9-19/h1,3-4,8-9,26H,2,5-7,10-18H2,(H,22,25). The zero-order valence-corrected chi connectivity index (χ0v) is 15.8. The molecule has 2 N–H and O–H groups in total. The smallest absolute Gasteiger partial charge is 0.317 e. The number of carbonyl (C=O) groups excluding carboxylic acids is 1. The molecule has 5 heteroatoms. The molecule has 2 fully saturated rings. The average Bonchev–Trinajstić information content (AvgIpc) is 2.67. The molecule has 2 aliphatic rings. The molecule has 5 nitrogen and oxygen atoms in total. The van der Waals surface area contributed by atoms with E-state index in [2.05, 4.69) is 22.3 Å². The Hall–Kier alpha value is -1.59. The number of rotatable bonds is 6. The monoisotopic (exact) mass is 359 g/mol. The van der Waals surface area contributed by atoms with Crippen LogP contribution in [0.1, 0.15) is 44.1 Å². The van der Waals surface area contributed by atoms with Crippen molar-refractivity contribution in [3.8, 4) is 0 Å². The fourth-order valence-electron chi connectivity index (χ4n) is 4.07. The van der Waals surface area contributed by atoms with Gasteiger partial charge < -0.3 is 20.2 Å². The molecular weight excluding hydrogens is 326 g/mol. The van der Waals surface area contributed by atoms with Crippen molar-refractivity contribution < 1.29 is 9.90 Å². The molecule has 0 aromatic heterocycles. The summed E-state index contributed by atoms with van der Waals surface area (Å²) in [6.07, 6.45) is 6.94. The van der Waals surface area contributed by atoms with E-state index < -0.39 is 5.60 Å². The van der Waals surface area contributed by atoms with Crippen molar-refractivity contribution in [2.24, 2.45) is 0 Å². The second-order valence-electron chi connectivity index (χ2n) is 7.86. The highest BCUT2D eigenvalue weighted by Crippen LogP contribution is 2.26. The van der Waals surface area contributed by atoms with Gasteiger partial charge in [-0.1, -0.05) is 36.8 Å². The fraction of sp³-hybridized carbons (Fsp3) is 0.667. The van der Waals surface area contributed by atoms with Crippen LogP contribution < -0.4 is 5.32 Å². The van der Waals surface area contributed by atoms with Crippen LogP contribution in [0.3, 0.4) is 0 Å². The molecule has 3 rings (SSSR count). The van der Waals surface area contributed by atoms with Crippen LogP contribution in [0.25, 0.3) is 0 Å². The lowest BCUT2D eigenvalue weighted by Crippen LogP contribution is -2.50. The molecular formula is C21H33N3O2. The van der Waals surface area contributed by atoms with Gasteiger partial charge in [0, 0.05) is 26.1 Å². The van der Waals surface area contributed by atoms with Crippen molar-refractivity contribution in [2.45, 2.75) is 50.5 Å². The Morgan fingerprint density at radius 2 is 1.73 bits per heavy atom. The van der Waals surface area contributed by atoms with Crippen LogP contribution in [-0.2, 0) is 6.42 Å². The van der Waals surface area contributed by atoms with Gasteiger partial charge in [-0.15, -0.1) is 0 Å². The van der Waals surface area contributed by atoms with Gasteiger partial charge in [-0.2, -0.15) is 0 Å². The molecule has 2 heterocycles. The number of carbonyl (C=O) groups is 1. The second-order valence-corrected chi connectivity index (χ2v) is 7.86. The van der Waals surface area contributed by atoms with E-state index in [9.17, 15) is 9.90 Å². The van der Waals surface area contributed by atoms with Crippen molar-refractivity contribution in [1.82, 2.24) is 15.1 Å². The third-order valence-corrected chi connectivity index (χ3v) is 5.73. The number of urea groups is 1. The Labute approximate surface area is 157 Å². The first-order valence-corrected chi connectivity index (χ1v) is 10.2. The van der Waals surface area contributed by atoms with Gasteiger partial charge in [-0.05, 0) is 57.3 Å². The first-order valence-electron chi connectivity index (χ1n) is 10.2. The Bertz CT molecular complexity index is 550. The lowest BCUT2D eigenvalue weighted by molar-refractivity contribution is -0.0116. The summed E-state index contributed by atoms with van der Waals surface area (Å²) in [5.41, 5.74) is 0.470. The highest BCUT2D eigenvalue weighted by Gasteiger charge is 2.33. The first-order chi connectivity index (χ1) is 12.6. The number of nitrogens with zero attached hydrogens (tertiary/aromatic N) is 2. The maximum Gasteiger partial charge on any atom is 0.317 e. The molecule has 1 aromatic rings. The zero-order chi connectivity index (χ0) is 18.2. The summed E-state index contributed by atoms with van der Waals surface area (Å²) in [7, 11) is 0. The number of amides is 2. The zero-order valence-electron chi connectivity index (χ0n) is 15.8. The number of nitrogens with one attached hydrogen (secondary N) is 1. The number of hydrogen-bond donors (Lipinski definition) is 2. The Kier molecular flexibility index (Phi) is 6.92. The number of benzene rings is 1. The lowest BCUT2D eigenvalue weighted by Gasteiger charge is -2.38. The minimum atomic E-state index is -0.688. The molecule has 2 saturated heterocycles. The summed E-state index contributed by atoms with van der Waals surface area (Å²) in [5.74, 6) is 0. The van der Waals surface area contributed by atoms with E-state index in [0.29, 0.717) is 32.4 Å². The molecule has 2 aliphatic heterocycles. The Morgan fingerprint density at radius 1 is 1.04 bits per heavy atom. The molecule has 2 amide bonds. The molecule has 144 valence electrons. The van der Waals surface area contributed by atoms with E-state index in [-0.39, 0.29) is 6.03 Å². The van der Waals surface area contributed by atoms with Gasteiger partial charge in [0.15, 0.2) is 0 Å². The van der Waals surface area contributed by atoms with Crippen molar-refractivity contribution >= 4 is 6.03 Å². The normalized spacial score (nSPS) is 20.7. The summed E-state index contributed by atoms with van der Waals surface area (Å²) < 4.78 is 0. The van der Waals surface area contributed by atoms with E-state index in [4.69, 9.17) is 0 Å². The van der Waals surface area contributed by atoms with E-state index in [1.54, 1.807) is 0 Å². The maximum absolute atomic E-state index is 12.3. The SMILES string of the molecule is O=C(NCCCN1CCCCC1)N1CCC(O)(Cc2ccccc2)CC1. The van der Waals surface area contributed by atoms with E-state index in [1.807, 2.05) is 23.1 Å². The Morgan fingerprint density at radius 3 is 2.42 bits per heavy atom. The summed E-state index contributed by atoms with van der Waals surface area (Å²) >= 11 is 0. The van der Waals surface area contributed by atoms with E-state index in [1.165, 1.54) is 32.4 Å². The third-order valence-electron chi connectivity index (χ3n) is 5.73. The molecule has 0 bridgehead atoms. The van der Waals surface area contributed by atoms with Crippen LogP contribution >= 0.6 is 0 Å². The number of likely N-dealkylation sites (tertiary alicyclic amines) is 2. The highest BCUT2D eigenvalue weighted by atomic mass is 16.3. The van der Waals surface area contributed by atoms with E-state index in [0.717, 1.165) is 25.1 Å². The third kappa shape index (κ3) is 5.71. The van der Waals surface area contributed by atoms with Gasteiger partial charge in [-0.25, -0.2) is 4.79 Å². The summed E-state index contributed by atoms with van der Waals surface area (Å²) in [6, 6.07) is 10.1. The number of piperidine rings is 2. The van der Waals surface area contributed by atoms with Gasteiger partial charge in [0.25, 0.3) is 0 Å². The van der Waals surface area contributed by atoms with Gasteiger partial charge in [-0.3, -0.25) is 0 Å². The lowest BCUT2D eigenvalue weighted by atomic mass is 9.85. The van der Waals surface area contributed by atoms with Crippen molar-refractivity contribution in [3.05, 3.63) is 35.9 Å². The van der Waals surface area contributed by atoms with Crippen LogP contribution in [0.5, 0.6) is 0 Å². The van der Waals surface area contributed by atoms with Crippen molar-refractivity contribution in [1.29, 1.82) is 0 Å².